The summed E-state index contributed by atoms with van der Waals surface area (Å²) in [4.78, 5) is 8.14. The predicted octanol–water partition coefficient (Wildman–Crippen LogP) is -2.68. The number of hydrogen-bond acceptors (Lipinski definition) is 2. The molecule has 0 aliphatic rings. The molecule has 0 amide bonds. The fraction of sp³-hybridized carbons (Fsp3) is 0. The lowest BCUT2D eigenvalue weighted by Crippen LogP contribution is -2.38. The Kier molecular flexibility index (Phi) is 2.90. The smallest absolute Gasteiger partial charge is 0.158 e. The van der Waals surface area contributed by atoms with Gasteiger partial charge in [-0.05, 0) is 0 Å². The van der Waals surface area contributed by atoms with E-state index in [4.69, 9.17) is 31.4 Å². The van der Waals surface area contributed by atoms with Crippen molar-refractivity contribution in [2.24, 2.45) is 0 Å². The van der Waals surface area contributed by atoms with E-state index in [1.165, 1.54) is 12.4 Å². The van der Waals surface area contributed by atoms with Gasteiger partial charge in [0.15, 0.2) is 5.82 Å². The molecule has 0 bridgehead atoms. The lowest BCUT2D eigenvalue weighted by atomic mass is 9.71. The van der Waals surface area contributed by atoms with Crippen LogP contribution in [0.3, 0.4) is 0 Å². The van der Waals surface area contributed by atoms with Crippen LogP contribution in [-0.2, 0) is 0 Å². The van der Waals surface area contributed by atoms with Crippen LogP contribution in [-0.4, -0.2) is 41.4 Å². The van der Waals surface area contributed by atoms with E-state index < -0.39 is 0 Å². The zero-order valence-electron chi connectivity index (χ0n) is 8.51. The van der Waals surface area contributed by atoms with Crippen molar-refractivity contribution < 1.29 is 0 Å². The van der Waals surface area contributed by atoms with E-state index in [0.29, 0.717) is 33.2 Å². The molecule has 66 valence electrons. The zero-order chi connectivity index (χ0) is 11.7. The molecule has 0 fully saturated rings. The van der Waals surface area contributed by atoms with Crippen LogP contribution in [0.15, 0.2) is 24.5 Å². The summed E-state index contributed by atoms with van der Waals surface area (Å²) >= 11 is 0. The molecule has 0 spiro atoms. The van der Waals surface area contributed by atoms with E-state index in [0.717, 1.165) is 0 Å². The van der Waals surface area contributed by atoms with Gasteiger partial charge >= 0.3 is 0 Å². The summed E-state index contributed by atoms with van der Waals surface area (Å²) in [6.45, 7) is 0. The number of aromatic nitrogens is 2. The minimum Gasteiger partial charge on any atom is -0.237 e. The van der Waals surface area contributed by atoms with Gasteiger partial charge in [0, 0.05) is 18.0 Å². The number of benzene rings is 1. The molecular formula is C10H4B4N2. The van der Waals surface area contributed by atoms with Crippen molar-refractivity contribution in [3.8, 4) is 11.4 Å². The summed E-state index contributed by atoms with van der Waals surface area (Å²) in [6.07, 6.45) is 3.04. The average Bonchev–Trinajstić information content (AvgIpc) is 2.26. The van der Waals surface area contributed by atoms with Crippen molar-refractivity contribution in [2.75, 3.05) is 0 Å². The molecular weight excluding hydrogens is 191 g/mol. The molecule has 8 radical (unpaired) electrons. The van der Waals surface area contributed by atoms with Crippen LogP contribution in [0.25, 0.3) is 11.4 Å². The Morgan fingerprint density at radius 3 is 1.81 bits per heavy atom. The van der Waals surface area contributed by atoms with E-state index in [-0.39, 0.29) is 0 Å². The minimum absolute atomic E-state index is 0.374. The quantitative estimate of drug-likeness (QED) is 0.464. The van der Waals surface area contributed by atoms with Crippen molar-refractivity contribution in [1.82, 2.24) is 9.97 Å². The second-order valence-corrected chi connectivity index (χ2v) is 3.41. The number of hydrogen-bond donors (Lipinski definition) is 0. The van der Waals surface area contributed by atoms with Crippen LogP contribution in [0.1, 0.15) is 0 Å². The molecule has 0 aliphatic carbocycles. The van der Waals surface area contributed by atoms with Gasteiger partial charge in [-0.3, -0.25) is 0 Å². The molecule has 0 atom stereocenters. The van der Waals surface area contributed by atoms with Crippen molar-refractivity contribution in [3.05, 3.63) is 24.5 Å². The third-order valence-electron chi connectivity index (χ3n) is 2.17. The summed E-state index contributed by atoms with van der Waals surface area (Å²) in [5, 5.41) is 0. The SMILES string of the molecule is [B]c1cnc(-c2cc([B])c([B])c([B])c2)nc1. The molecule has 1 aromatic heterocycles. The molecule has 0 saturated carbocycles. The highest BCUT2D eigenvalue weighted by atomic mass is 14.9. The van der Waals surface area contributed by atoms with Crippen LogP contribution >= 0.6 is 0 Å². The first-order chi connectivity index (χ1) is 7.58. The third kappa shape index (κ3) is 2.06. The summed E-state index contributed by atoms with van der Waals surface area (Å²) in [5.74, 6) is 0.507. The van der Waals surface area contributed by atoms with Crippen LogP contribution in [0.5, 0.6) is 0 Å². The highest BCUT2D eigenvalue weighted by molar-refractivity contribution is 6.57. The van der Waals surface area contributed by atoms with Gasteiger partial charge < -0.3 is 0 Å². The normalized spacial score (nSPS) is 10.2. The number of nitrogens with zero attached hydrogens (tertiary/aromatic N) is 2. The Balaban J connectivity index is 2.52. The monoisotopic (exact) mass is 196 g/mol. The molecule has 2 nitrogen and oxygen atoms in total. The Bertz CT molecular complexity index is 502. The van der Waals surface area contributed by atoms with Gasteiger partial charge in [-0.15, -0.1) is 16.4 Å². The molecule has 0 N–H and O–H groups in total. The molecule has 0 saturated heterocycles. The van der Waals surface area contributed by atoms with Gasteiger partial charge in [0.2, 0.25) is 0 Å². The van der Waals surface area contributed by atoms with Gasteiger partial charge in [-0.1, -0.05) is 17.6 Å². The molecule has 0 aliphatic heterocycles. The Morgan fingerprint density at radius 1 is 0.812 bits per heavy atom. The van der Waals surface area contributed by atoms with Gasteiger partial charge in [0.1, 0.15) is 31.4 Å². The van der Waals surface area contributed by atoms with E-state index in [9.17, 15) is 0 Å². The van der Waals surface area contributed by atoms with Gasteiger partial charge in [0.25, 0.3) is 0 Å². The first-order valence-corrected chi connectivity index (χ1v) is 4.60. The fourth-order valence-corrected chi connectivity index (χ4v) is 1.32. The van der Waals surface area contributed by atoms with Crippen molar-refractivity contribution in [1.29, 1.82) is 0 Å². The number of rotatable bonds is 1. The maximum Gasteiger partial charge on any atom is 0.158 e. The first kappa shape index (κ1) is 11.1. The van der Waals surface area contributed by atoms with Gasteiger partial charge in [0.05, 0.1) is 0 Å². The largest absolute Gasteiger partial charge is 0.237 e. The van der Waals surface area contributed by atoms with Crippen molar-refractivity contribution >= 4 is 53.2 Å². The molecule has 1 heterocycles. The van der Waals surface area contributed by atoms with Gasteiger partial charge in [-0.25, -0.2) is 9.97 Å². The van der Waals surface area contributed by atoms with E-state index in [2.05, 4.69) is 9.97 Å². The van der Waals surface area contributed by atoms with Gasteiger partial charge in [-0.2, -0.15) is 0 Å². The highest BCUT2D eigenvalue weighted by Gasteiger charge is 2.04. The predicted molar refractivity (Wildman–Crippen MR) is 69.0 cm³/mol. The molecule has 0 unspecified atom stereocenters. The van der Waals surface area contributed by atoms with Crippen LogP contribution in [0, 0.1) is 0 Å². The van der Waals surface area contributed by atoms with E-state index in [1.807, 2.05) is 0 Å². The summed E-state index contributed by atoms with van der Waals surface area (Å²) in [5.41, 5.74) is 2.41. The fourth-order valence-electron chi connectivity index (χ4n) is 1.32. The lowest BCUT2D eigenvalue weighted by molar-refractivity contribution is 1.19. The molecule has 16 heavy (non-hydrogen) atoms. The molecule has 2 rings (SSSR count). The Morgan fingerprint density at radius 2 is 1.31 bits per heavy atom. The van der Waals surface area contributed by atoms with Crippen LogP contribution < -0.4 is 21.9 Å². The second kappa shape index (κ2) is 4.20. The van der Waals surface area contributed by atoms with Crippen molar-refractivity contribution in [2.45, 2.75) is 0 Å². The summed E-state index contributed by atoms with van der Waals surface area (Å²) < 4.78 is 0. The lowest BCUT2D eigenvalue weighted by Gasteiger charge is -2.09. The van der Waals surface area contributed by atoms with E-state index >= 15 is 0 Å². The van der Waals surface area contributed by atoms with Crippen molar-refractivity contribution in [3.63, 3.8) is 0 Å². The molecule has 1 aromatic carbocycles. The Labute approximate surface area is 99.5 Å². The summed E-state index contributed by atoms with van der Waals surface area (Å²) in [7, 11) is 22.5. The topological polar surface area (TPSA) is 25.8 Å². The van der Waals surface area contributed by atoms with Crippen LogP contribution in [0.2, 0.25) is 0 Å². The summed E-state index contributed by atoms with van der Waals surface area (Å²) in [6, 6.07) is 3.36. The second-order valence-electron chi connectivity index (χ2n) is 3.41. The first-order valence-electron chi connectivity index (χ1n) is 4.60. The zero-order valence-corrected chi connectivity index (χ0v) is 8.51. The average molecular weight is 195 g/mol. The van der Waals surface area contributed by atoms with E-state index in [1.54, 1.807) is 12.1 Å². The molecule has 2 aromatic rings. The highest BCUT2D eigenvalue weighted by Crippen LogP contribution is 2.08. The third-order valence-corrected chi connectivity index (χ3v) is 2.17. The minimum atomic E-state index is 0.374. The Hall–Kier alpha value is -1.44. The maximum atomic E-state index is 5.70. The maximum absolute atomic E-state index is 5.70. The standard InChI is InChI=1S/C10H4B4N2/c11-6-3-15-10(16-4-6)5-1-7(12)9(14)8(13)2-5/h1-4H. The van der Waals surface area contributed by atoms with Crippen LogP contribution in [0.4, 0.5) is 0 Å². The molecule has 6 heteroatoms.